The molecule has 0 aliphatic carbocycles. The predicted octanol–water partition coefficient (Wildman–Crippen LogP) is 1.40. The summed E-state index contributed by atoms with van der Waals surface area (Å²) in [6.07, 6.45) is 0.558. The van der Waals surface area contributed by atoms with Gasteiger partial charge < -0.3 is 14.2 Å². The summed E-state index contributed by atoms with van der Waals surface area (Å²) >= 11 is 0. The third-order valence-electron chi connectivity index (χ3n) is 3.13. The van der Waals surface area contributed by atoms with Crippen LogP contribution in [0.15, 0.2) is 30.3 Å². The number of benzene rings is 1. The monoisotopic (exact) mass is 234 g/mol. The smallest absolute Gasteiger partial charge is 0.338 e. The van der Waals surface area contributed by atoms with Crippen molar-refractivity contribution in [2.24, 2.45) is 0 Å². The Kier molecular flexibility index (Phi) is 2.82. The highest BCUT2D eigenvalue weighted by atomic mass is 16.6. The Morgan fingerprint density at radius 2 is 2.06 bits per heavy atom. The third kappa shape index (κ3) is 2.18. The molecule has 2 fully saturated rings. The van der Waals surface area contributed by atoms with Crippen LogP contribution in [0.1, 0.15) is 16.8 Å². The average molecular weight is 234 g/mol. The van der Waals surface area contributed by atoms with Gasteiger partial charge in [0.05, 0.1) is 24.9 Å². The number of fused-ring (bicyclic) bond motifs is 2. The van der Waals surface area contributed by atoms with Gasteiger partial charge in [0, 0.05) is 6.42 Å². The molecule has 2 saturated heterocycles. The second kappa shape index (κ2) is 4.47. The van der Waals surface area contributed by atoms with E-state index < -0.39 is 0 Å². The zero-order valence-electron chi connectivity index (χ0n) is 9.37. The van der Waals surface area contributed by atoms with Crippen molar-refractivity contribution in [2.45, 2.75) is 24.7 Å². The van der Waals surface area contributed by atoms with Gasteiger partial charge in [-0.05, 0) is 12.1 Å². The number of esters is 1. The second-order valence-corrected chi connectivity index (χ2v) is 4.38. The van der Waals surface area contributed by atoms with E-state index in [2.05, 4.69) is 0 Å². The maximum Gasteiger partial charge on any atom is 0.338 e. The molecule has 3 atom stereocenters. The molecule has 2 heterocycles. The minimum Gasteiger partial charge on any atom is -0.456 e. The summed E-state index contributed by atoms with van der Waals surface area (Å²) < 4.78 is 16.5. The highest BCUT2D eigenvalue weighted by Gasteiger charge is 2.41. The highest BCUT2D eigenvalue weighted by Crippen LogP contribution is 2.28. The van der Waals surface area contributed by atoms with Crippen molar-refractivity contribution in [1.29, 1.82) is 0 Å². The summed E-state index contributed by atoms with van der Waals surface area (Å²) in [6.45, 7) is 1.12. The van der Waals surface area contributed by atoms with E-state index in [9.17, 15) is 4.79 Å². The molecule has 2 aliphatic heterocycles. The van der Waals surface area contributed by atoms with Gasteiger partial charge in [0.25, 0.3) is 0 Å². The number of hydrogen-bond acceptors (Lipinski definition) is 4. The van der Waals surface area contributed by atoms with E-state index >= 15 is 0 Å². The van der Waals surface area contributed by atoms with Gasteiger partial charge >= 0.3 is 5.97 Å². The van der Waals surface area contributed by atoms with Crippen molar-refractivity contribution in [2.75, 3.05) is 13.2 Å². The van der Waals surface area contributed by atoms with E-state index in [0.717, 1.165) is 6.42 Å². The van der Waals surface area contributed by atoms with Crippen LogP contribution in [-0.4, -0.2) is 37.5 Å². The Labute approximate surface area is 99.5 Å². The fraction of sp³-hybridized carbons (Fsp3) is 0.462. The Hall–Kier alpha value is -1.39. The van der Waals surface area contributed by atoms with Crippen molar-refractivity contribution < 1.29 is 19.0 Å². The molecule has 0 N–H and O–H groups in total. The van der Waals surface area contributed by atoms with Crippen LogP contribution in [0.2, 0.25) is 0 Å². The largest absolute Gasteiger partial charge is 0.456 e. The van der Waals surface area contributed by atoms with Gasteiger partial charge in [0.15, 0.2) is 0 Å². The van der Waals surface area contributed by atoms with Crippen molar-refractivity contribution in [3.05, 3.63) is 35.9 Å². The SMILES string of the molecule is O=C(O[C@H]1C[C@@H]2COC[C@H]1O2)c1ccccc1. The van der Waals surface area contributed by atoms with Gasteiger partial charge in [-0.25, -0.2) is 4.79 Å². The quantitative estimate of drug-likeness (QED) is 0.725. The van der Waals surface area contributed by atoms with Crippen LogP contribution in [0.4, 0.5) is 0 Å². The molecule has 0 aromatic heterocycles. The first-order valence-electron chi connectivity index (χ1n) is 5.82. The van der Waals surface area contributed by atoms with E-state index in [-0.39, 0.29) is 24.3 Å². The topological polar surface area (TPSA) is 44.8 Å². The third-order valence-corrected chi connectivity index (χ3v) is 3.13. The number of carbonyl (C=O) groups is 1. The highest BCUT2D eigenvalue weighted by molar-refractivity contribution is 5.89. The van der Waals surface area contributed by atoms with Gasteiger partial charge in [-0.15, -0.1) is 0 Å². The molecule has 3 rings (SSSR count). The van der Waals surface area contributed by atoms with Crippen LogP contribution in [0, 0.1) is 0 Å². The standard InChI is InChI=1S/C13H14O4/c14-13(9-4-2-1-3-5-9)17-11-6-10-7-15-8-12(11)16-10/h1-5,10-12H,6-8H2/t10-,11+,12-/m1/s1. The summed E-state index contributed by atoms with van der Waals surface area (Å²) in [7, 11) is 0. The van der Waals surface area contributed by atoms with E-state index in [1.165, 1.54) is 0 Å². The predicted molar refractivity (Wildman–Crippen MR) is 59.7 cm³/mol. The van der Waals surface area contributed by atoms with Crippen molar-refractivity contribution in [3.63, 3.8) is 0 Å². The lowest BCUT2D eigenvalue weighted by molar-refractivity contribution is -0.113. The minimum atomic E-state index is -0.285. The summed E-state index contributed by atoms with van der Waals surface area (Å²) in [5, 5.41) is 0. The Morgan fingerprint density at radius 1 is 1.24 bits per heavy atom. The molecule has 0 unspecified atom stereocenters. The molecular weight excluding hydrogens is 220 g/mol. The van der Waals surface area contributed by atoms with Crippen LogP contribution < -0.4 is 0 Å². The lowest BCUT2D eigenvalue weighted by atomic mass is 10.1. The van der Waals surface area contributed by atoms with Crippen LogP contribution in [-0.2, 0) is 14.2 Å². The first kappa shape index (κ1) is 10.7. The van der Waals surface area contributed by atoms with E-state index in [1.807, 2.05) is 18.2 Å². The van der Waals surface area contributed by atoms with Crippen LogP contribution >= 0.6 is 0 Å². The molecule has 0 spiro atoms. The minimum absolute atomic E-state index is 0.0855. The summed E-state index contributed by atoms with van der Waals surface area (Å²) in [4.78, 5) is 11.9. The molecule has 2 bridgehead atoms. The summed E-state index contributed by atoms with van der Waals surface area (Å²) in [6, 6.07) is 9.02. The average Bonchev–Trinajstić information content (AvgIpc) is 2.65. The molecule has 4 nitrogen and oxygen atoms in total. The first-order chi connectivity index (χ1) is 8.33. The van der Waals surface area contributed by atoms with Crippen molar-refractivity contribution in [3.8, 4) is 0 Å². The zero-order valence-corrected chi connectivity index (χ0v) is 9.37. The maximum atomic E-state index is 11.9. The van der Waals surface area contributed by atoms with E-state index in [4.69, 9.17) is 14.2 Å². The van der Waals surface area contributed by atoms with Gasteiger partial charge in [0.2, 0.25) is 0 Å². The first-order valence-corrected chi connectivity index (χ1v) is 5.82. The second-order valence-electron chi connectivity index (χ2n) is 4.38. The van der Waals surface area contributed by atoms with E-state index in [1.54, 1.807) is 12.1 Å². The van der Waals surface area contributed by atoms with Gasteiger partial charge in [-0.2, -0.15) is 0 Å². The Bertz CT molecular complexity index is 403. The molecule has 4 heteroatoms. The fourth-order valence-electron chi connectivity index (χ4n) is 2.27. The fourth-order valence-corrected chi connectivity index (χ4v) is 2.27. The summed E-state index contributed by atoms with van der Waals surface area (Å²) in [5.41, 5.74) is 0.579. The normalized spacial score (nSPS) is 31.2. The molecule has 1 aromatic carbocycles. The molecule has 2 aliphatic rings. The lowest BCUT2D eigenvalue weighted by Gasteiger charge is -2.21. The summed E-state index contributed by atoms with van der Waals surface area (Å²) in [5.74, 6) is -0.285. The lowest BCUT2D eigenvalue weighted by Crippen LogP contribution is -2.33. The number of rotatable bonds is 2. The van der Waals surface area contributed by atoms with Crippen LogP contribution in [0.5, 0.6) is 0 Å². The Morgan fingerprint density at radius 3 is 2.82 bits per heavy atom. The zero-order chi connectivity index (χ0) is 11.7. The number of ether oxygens (including phenoxy) is 3. The van der Waals surface area contributed by atoms with E-state index in [0.29, 0.717) is 18.8 Å². The molecule has 17 heavy (non-hydrogen) atoms. The van der Waals surface area contributed by atoms with Crippen LogP contribution in [0.25, 0.3) is 0 Å². The molecule has 0 radical (unpaired) electrons. The van der Waals surface area contributed by atoms with Crippen molar-refractivity contribution in [1.82, 2.24) is 0 Å². The molecule has 0 saturated carbocycles. The molecular formula is C13H14O4. The molecule has 90 valence electrons. The van der Waals surface area contributed by atoms with Crippen molar-refractivity contribution >= 4 is 5.97 Å². The number of hydrogen-bond donors (Lipinski definition) is 0. The van der Waals surface area contributed by atoms with Gasteiger partial charge in [0.1, 0.15) is 12.2 Å². The maximum absolute atomic E-state index is 11.9. The number of carbonyl (C=O) groups excluding carboxylic acids is 1. The molecule has 1 aromatic rings. The molecule has 0 amide bonds. The van der Waals surface area contributed by atoms with Gasteiger partial charge in [-0.1, -0.05) is 18.2 Å². The van der Waals surface area contributed by atoms with Gasteiger partial charge in [-0.3, -0.25) is 0 Å². The Balaban J connectivity index is 1.66. The van der Waals surface area contributed by atoms with Crippen LogP contribution in [0.3, 0.4) is 0 Å².